The topological polar surface area (TPSA) is 84.8 Å². The highest BCUT2D eigenvalue weighted by molar-refractivity contribution is 5.85. The third kappa shape index (κ3) is 7.61. The Morgan fingerprint density at radius 3 is 2.37 bits per heavy atom. The zero-order chi connectivity index (χ0) is 29.8. The number of pyridine rings is 2. The summed E-state index contributed by atoms with van der Waals surface area (Å²) < 4.78 is 25.3. The Bertz CT molecular complexity index is 1330. The van der Waals surface area contributed by atoms with Crippen molar-refractivity contribution < 1.29 is 23.8 Å². The number of piperidine rings is 1. The summed E-state index contributed by atoms with van der Waals surface area (Å²) in [4.78, 5) is 24.3. The molecular formula is C33H42FN3O4. The molecule has 0 radical (unpaired) electrons. The van der Waals surface area contributed by atoms with Gasteiger partial charge in [-0.25, -0.2) is 9.18 Å². The number of carboxylic acid groups (broad SMARTS) is 1. The molecular weight excluding hydrogens is 521 g/mol. The van der Waals surface area contributed by atoms with E-state index in [1.165, 1.54) is 12.1 Å². The van der Waals surface area contributed by atoms with E-state index in [0.29, 0.717) is 42.1 Å². The van der Waals surface area contributed by atoms with Crippen molar-refractivity contribution in [2.45, 2.75) is 78.9 Å². The van der Waals surface area contributed by atoms with E-state index >= 15 is 0 Å². The lowest BCUT2D eigenvalue weighted by atomic mass is 9.82. The van der Waals surface area contributed by atoms with Gasteiger partial charge in [-0.3, -0.25) is 9.97 Å². The molecule has 3 heterocycles. The molecule has 2 aromatic heterocycles. The van der Waals surface area contributed by atoms with E-state index in [0.717, 1.165) is 42.7 Å². The first kappa shape index (κ1) is 30.4. The number of aliphatic carboxylic acids is 1. The van der Waals surface area contributed by atoms with Crippen LogP contribution in [-0.2, 0) is 16.0 Å². The fourth-order valence-electron chi connectivity index (χ4n) is 4.98. The molecule has 1 aliphatic rings. The lowest BCUT2D eigenvalue weighted by molar-refractivity contribution is -0.162. The number of ether oxygens (including phenoxy) is 2. The Morgan fingerprint density at radius 1 is 1.10 bits per heavy atom. The summed E-state index contributed by atoms with van der Waals surface area (Å²) in [5.41, 5.74) is 4.08. The number of aryl methyl sites for hydroxylation is 1. The second-order valence-electron chi connectivity index (χ2n) is 12.2. The minimum Gasteiger partial charge on any atom is -0.492 e. The van der Waals surface area contributed by atoms with Gasteiger partial charge in [0.2, 0.25) is 0 Å². The van der Waals surface area contributed by atoms with Crippen molar-refractivity contribution in [3.05, 3.63) is 71.4 Å². The molecule has 3 aromatic rings. The molecule has 0 saturated carbocycles. The SMILES string of the molecule is CCC(C)(C)OC(C(=O)O)c1c(C)ncc(-c2ccc(OCCc3ccc(F)cc3)cn2)c1N1CCC(C)(C)CC1. The van der Waals surface area contributed by atoms with Gasteiger partial charge in [-0.15, -0.1) is 0 Å². The Kier molecular flexibility index (Phi) is 9.32. The molecule has 0 aliphatic carbocycles. The maximum Gasteiger partial charge on any atom is 0.337 e. The summed E-state index contributed by atoms with van der Waals surface area (Å²) in [6, 6.07) is 10.1. The van der Waals surface area contributed by atoms with Gasteiger partial charge in [-0.2, -0.15) is 0 Å². The maximum absolute atomic E-state index is 13.2. The number of carboxylic acids is 1. The first-order valence-electron chi connectivity index (χ1n) is 14.4. The molecule has 1 unspecified atom stereocenters. The second kappa shape index (κ2) is 12.6. The molecule has 1 aromatic carbocycles. The molecule has 0 spiro atoms. The summed E-state index contributed by atoms with van der Waals surface area (Å²) >= 11 is 0. The van der Waals surface area contributed by atoms with Crippen molar-refractivity contribution in [2.24, 2.45) is 5.41 Å². The lowest BCUT2D eigenvalue weighted by Gasteiger charge is -2.41. The highest BCUT2D eigenvalue weighted by atomic mass is 19.1. The van der Waals surface area contributed by atoms with Gasteiger partial charge in [0.1, 0.15) is 11.6 Å². The molecule has 1 saturated heterocycles. The molecule has 1 N–H and O–H groups in total. The third-order valence-electron chi connectivity index (χ3n) is 8.08. The number of anilines is 1. The fraction of sp³-hybridized carbons (Fsp3) is 0.485. The Hall–Kier alpha value is -3.52. The van der Waals surface area contributed by atoms with E-state index in [1.807, 2.05) is 39.8 Å². The molecule has 8 heteroatoms. The van der Waals surface area contributed by atoms with Crippen LogP contribution in [0.3, 0.4) is 0 Å². The van der Waals surface area contributed by atoms with Crippen LogP contribution in [0.25, 0.3) is 11.3 Å². The van der Waals surface area contributed by atoms with Crippen molar-refractivity contribution in [2.75, 3.05) is 24.6 Å². The molecule has 220 valence electrons. The van der Waals surface area contributed by atoms with Gasteiger partial charge in [0.25, 0.3) is 0 Å². The number of rotatable bonds is 11. The Labute approximate surface area is 242 Å². The number of hydrogen-bond donors (Lipinski definition) is 1. The fourth-order valence-corrected chi connectivity index (χ4v) is 4.98. The molecule has 4 rings (SSSR count). The molecule has 0 bridgehead atoms. The zero-order valence-electron chi connectivity index (χ0n) is 25.0. The summed E-state index contributed by atoms with van der Waals surface area (Å²) in [7, 11) is 0. The molecule has 1 atom stereocenters. The lowest BCUT2D eigenvalue weighted by Crippen LogP contribution is -2.39. The van der Waals surface area contributed by atoms with Crippen molar-refractivity contribution in [3.8, 4) is 17.0 Å². The van der Waals surface area contributed by atoms with Crippen LogP contribution in [0.5, 0.6) is 5.75 Å². The number of carbonyl (C=O) groups is 1. The quantitative estimate of drug-likeness (QED) is 0.265. The monoisotopic (exact) mass is 563 g/mol. The van der Waals surface area contributed by atoms with Crippen LogP contribution in [0.15, 0.2) is 48.8 Å². The number of benzene rings is 1. The van der Waals surface area contributed by atoms with Gasteiger partial charge in [-0.1, -0.05) is 32.9 Å². The average Bonchev–Trinajstić information content (AvgIpc) is 2.93. The molecule has 7 nitrogen and oxygen atoms in total. The van der Waals surface area contributed by atoms with Crippen molar-refractivity contribution in [3.63, 3.8) is 0 Å². The van der Waals surface area contributed by atoms with E-state index in [4.69, 9.17) is 14.5 Å². The van der Waals surface area contributed by atoms with Gasteiger partial charge in [-0.05, 0) is 75.3 Å². The van der Waals surface area contributed by atoms with E-state index < -0.39 is 17.7 Å². The predicted molar refractivity (Wildman–Crippen MR) is 159 cm³/mol. The van der Waals surface area contributed by atoms with Crippen LogP contribution in [0.4, 0.5) is 10.1 Å². The number of halogens is 1. The van der Waals surface area contributed by atoms with Crippen LogP contribution in [-0.4, -0.2) is 46.3 Å². The Morgan fingerprint density at radius 2 is 1.78 bits per heavy atom. The number of nitrogens with zero attached hydrogens (tertiary/aromatic N) is 3. The van der Waals surface area contributed by atoms with Crippen LogP contribution >= 0.6 is 0 Å². The van der Waals surface area contributed by atoms with Crippen molar-refractivity contribution in [1.82, 2.24) is 9.97 Å². The first-order chi connectivity index (χ1) is 19.4. The van der Waals surface area contributed by atoms with Crippen LogP contribution in [0.1, 0.15) is 76.8 Å². The summed E-state index contributed by atoms with van der Waals surface area (Å²) in [5, 5.41) is 10.4. The van der Waals surface area contributed by atoms with Gasteiger partial charge in [0.05, 0.1) is 29.8 Å². The van der Waals surface area contributed by atoms with Gasteiger partial charge in [0, 0.05) is 42.5 Å². The summed E-state index contributed by atoms with van der Waals surface area (Å²) in [5.74, 6) is -0.676. The van der Waals surface area contributed by atoms with Crippen LogP contribution < -0.4 is 9.64 Å². The van der Waals surface area contributed by atoms with Crippen LogP contribution in [0, 0.1) is 18.2 Å². The summed E-state index contributed by atoms with van der Waals surface area (Å²) in [6.07, 6.45) is 5.58. The molecule has 0 amide bonds. The highest BCUT2D eigenvalue weighted by Gasteiger charge is 2.36. The minimum atomic E-state index is -1.17. The number of aromatic nitrogens is 2. The molecule has 1 aliphatic heterocycles. The zero-order valence-corrected chi connectivity index (χ0v) is 25.0. The Balaban J connectivity index is 1.68. The molecule has 1 fully saturated rings. The van der Waals surface area contributed by atoms with Crippen molar-refractivity contribution in [1.29, 1.82) is 0 Å². The third-order valence-corrected chi connectivity index (χ3v) is 8.08. The van der Waals surface area contributed by atoms with Gasteiger partial charge >= 0.3 is 5.97 Å². The van der Waals surface area contributed by atoms with E-state index in [9.17, 15) is 14.3 Å². The maximum atomic E-state index is 13.2. The average molecular weight is 564 g/mol. The normalized spacial score (nSPS) is 15.9. The minimum absolute atomic E-state index is 0.219. The standard InChI is InChI=1S/C33H42FN3O4/c1-7-33(5,6)41-30(31(38)39)28-22(2)35-21-26(29(28)37-17-15-32(3,4)16-18-37)27-13-12-25(20-36-27)40-19-14-23-8-10-24(34)11-9-23/h8-13,20-21,30H,7,14-19H2,1-6H3,(H,38,39). The van der Waals surface area contributed by atoms with E-state index in [2.05, 4.69) is 23.7 Å². The van der Waals surface area contributed by atoms with E-state index in [-0.39, 0.29) is 11.2 Å². The summed E-state index contributed by atoms with van der Waals surface area (Å²) in [6.45, 7) is 14.2. The predicted octanol–water partition coefficient (Wildman–Crippen LogP) is 7.17. The highest BCUT2D eigenvalue weighted by Crippen LogP contribution is 2.43. The van der Waals surface area contributed by atoms with E-state index in [1.54, 1.807) is 24.5 Å². The number of hydrogen-bond acceptors (Lipinski definition) is 6. The molecule has 41 heavy (non-hydrogen) atoms. The van der Waals surface area contributed by atoms with Gasteiger partial charge in [0.15, 0.2) is 6.10 Å². The van der Waals surface area contributed by atoms with Crippen molar-refractivity contribution >= 4 is 11.7 Å². The second-order valence-corrected chi connectivity index (χ2v) is 12.2. The smallest absolute Gasteiger partial charge is 0.337 e. The van der Waals surface area contributed by atoms with Gasteiger partial charge < -0.3 is 19.5 Å². The van der Waals surface area contributed by atoms with Crippen LogP contribution in [0.2, 0.25) is 0 Å². The first-order valence-corrected chi connectivity index (χ1v) is 14.4. The largest absolute Gasteiger partial charge is 0.492 e.